The topological polar surface area (TPSA) is 22.4 Å². The molecule has 0 atom stereocenters. The molecular weight excluding hydrogens is 247 g/mol. The van der Waals surface area contributed by atoms with Gasteiger partial charge in [0.2, 0.25) is 0 Å². The Morgan fingerprint density at radius 3 is 2.69 bits per heavy atom. The van der Waals surface area contributed by atoms with E-state index < -0.39 is 0 Å². The van der Waals surface area contributed by atoms with E-state index in [1.54, 1.807) is 18.2 Å². The van der Waals surface area contributed by atoms with E-state index in [-0.39, 0.29) is 0 Å². The van der Waals surface area contributed by atoms with Gasteiger partial charge in [-0.25, -0.2) is 0 Å². The summed E-state index contributed by atoms with van der Waals surface area (Å²) in [5.74, 6) is 2.17. The molecule has 2 nitrogen and oxygen atoms in total. The molecule has 0 fully saturated rings. The van der Waals surface area contributed by atoms with Crippen LogP contribution in [0.15, 0.2) is 34.7 Å². The third-order valence-corrected chi connectivity index (χ3v) is 2.61. The molecule has 84 valence electrons. The summed E-state index contributed by atoms with van der Waals surface area (Å²) in [5.41, 5.74) is 0. The number of aryl methyl sites for hydroxylation is 1. The SMILES string of the molecule is Cc1ccc(COc2cc(Cl)ccc2Cl)o1. The van der Waals surface area contributed by atoms with Crippen LogP contribution in [-0.2, 0) is 6.61 Å². The Kier molecular flexibility index (Phi) is 3.42. The van der Waals surface area contributed by atoms with Gasteiger partial charge in [-0.2, -0.15) is 0 Å². The quantitative estimate of drug-likeness (QED) is 0.809. The van der Waals surface area contributed by atoms with Gasteiger partial charge in [-0.3, -0.25) is 0 Å². The summed E-state index contributed by atoms with van der Waals surface area (Å²) in [6.45, 7) is 2.23. The Morgan fingerprint density at radius 2 is 2.00 bits per heavy atom. The maximum Gasteiger partial charge on any atom is 0.146 e. The van der Waals surface area contributed by atoms with Gasteiger partial charge in [0.05, 0.1) is 5.02 Å². The number of hydrogen-bond acceptors (Lipinski definition) is 2. The fourth-order valence-electron chi connectivity index (χ4n) is 1.30. The highest BCUT2D eigenvalue weighted by molar-refractivity contribution is 6.34. The predicted molar refractivity (Wildman–Crippen MR) is 64.2 cm³/mol. The van der Waals surface area contributed by atoms with Crippen molar-refractivity contribution in [2.75, 3.05) is 0 Å². The Bertz CT molecular complexity index is 492. The van der Waals surface area contributed by atoms with Gasteiger partial charge < -0.3 is 9.15 Å². The lowest BCUT2D eigenvalue weighted by Crippen LogP contribution is -1.94. The fraction of sp³-hybridized carbons (Fsp3) is 0.167. The summed E-state index contributed by atoms with van der Waals surface area (Å²) >= 11 is 11.8. The molecule has 2 aromatic rings. The standard InChI is InChI=1S/C12H10Cl2O2/c1-8-2-4-10(16-8)7-15-12-6-9(13)3-5-11(12)14/h2-6H,7H2,1H3. The average molecular weight is 257 g/mol. The Balaban J connectivity index is 2.07. The van der Waals surface area contributed by atoms with E-state index in [4.69, 9.17) is 32.4 Å². The van der Waals surface area contributed by atoms with Crippen LogP contribution in [0.3, 0.4) is 0 Å². The summed E-state index contributed by atoms with van der Waals surface area (Å²) in [5, 5.41) is 1.13. The normalized spacial score (nSPS) is 10.4. The largest absolute Gasteiger partial charge is 0.484 e. The highest BCUT2D eigenvalue weighted by Gasteiger charge is 2.04. The van der Waals surface area contributed by atoms with Crippen molar-refractivity contribution in [3.05, 3.63) is 51.9 Å². The van der Waals surface area contributed by atoms with Crippen molar-refractivity contribution in [2.24, 2.45) is 0 Å². The number of halogens is 2. The van der Waals surface area contributed by atoms with E-state index in [2.05, 4.69) is 0 Å². The van der Waals surface area contributed by atoms with Crippen LogP contribution in [0, 0.1) is 6.92 Å². The summed E-state index contributed by atoms with van der Waals surface area (Å²) in [7, 11) is 0. The van der Waals surface area contributed by atoms with E-state index in [0.29, 0.717) is 22.4 Å². The van der Waals surface area contributed by atoms with Crippen LogP contribution in [0.4, 0.5) is 0 Å². The number of rotatable bonds is 3. The molecule has 1 aromatic carbocycles. The van der Waals surface area contributed by atoms with Crippen molar-refractivity contribution < 1.29 is 9.15 Å². The minimum Gasteiger partial charge on any atom is -0.484 e. The summed E-state index contributed by atoms with van der Waals surface area (Å²) in [4.78, 5) is 0. The second-order valence-electron chi connectivity index (χ2n) is 3.38. The van der Waals surface area contributed by atoms with Crippen molar-refractivity contribution in [3.63, 3.8) is 0 Å². The average Bonchev–Trinajstić information content (AvgIpc) is 2.66. The molecule has 0 radical (unpaired) electrons. The Labute approximate surface area is 104 Å². The Hall–Kier alpha value is -1.12. The first-order valence-corrected chi connectivity index (χ1v) is 5.54. The fourth-order valence-corrected chi connectivity index (χ4v) is 1.63. The number of hydrogen-bond donors (Lipinski definition) is 0. The smallest absolute Gasteiger partial charge is 0.146 e. The Morgan fingerprint density at radius 1 is 1.19 bits per heavy atom. The molecule has 0 aliphatic heterocycles. The number of benzene rings is 1. The van der Waals surface area contributed by atoms with Crippen LogP contribution >= 0.6 is 23.2 Å². The van der Waals surface area contributed by atoms with Crippen molar-refractivity contribution in [2.45, 2.75) is 13.5 Å². The lowest BCUT2D eigenvalue weighted by Gasteiger charge is -2.06. The van der Waals surface area contributed by atoms with Crippen LogP contribution in [0.1, 0.15) is 11.5 Å². The van der Waals surface area contributed by atoms with Crippen molar-refractivity contribution >= 4 is 23.2 Å². The lowest BCUT2D eigenvalue weighted by atomic mass is 10.3. The zero-order chi connectivity index (χ0) is 11.5. The molecule has 0 unspecified atom stereocenters. The lowest BCUT2D eigenvalue weighted by molar-refractivity contribution is 0.268. The van der Waals surface area contributed by atoms with Crippen LogP contribution in [0.5, 0.6) is 5.75 Å². The molecule has 0 aliphatic carbocycles. The molecule has 0 N–H and O–H groups in total. The molecule has 1 aromatic heterocycles. The first kappa shape index (κ1) is 11.4. The molecule has 0 saturated carbocycles. The van der Waals surface area contributed by atoms with E-state index >= 15 is 0 Å². The predicted octanol–water partition coefficient (Wildman–Crippen LogP) is 4.47. The third kappa shape index (κ3) is 2.71. The first-order chi connectivity index (χ1) is 7.65. The molecule has 1 heterocycles. The summed E-state index contributed by atoms with van der Waals surface area (Å²) in [6.07, 6.45) is 0. The van der Waals surface area contributed by atoms with Crippen LogP contribution < -0.4 is 4.74 Å². The molecule has 0 amide bonds. The van der Waals surface area contributed by atoms with E-state index in [9.17, 15) is 0 Å². The molecule has 16 heavy (non-hydrogen) atoms. The van der Waals surface area contributed by atoms with Gasteiger partial charge in [-0.1, -0.05) is 23.2 Å². The van der Waals surface area contributed by atoms with Crippen molar-refractivity contribution in [3.8, 4) is 5.75 Å². The maximum atomic E-state index is 5.95. The van der Waals surface area contributed by atoms with Crippen LogP contribution in [0.2, 0.25) is 10.0 Å². The molecule has 0 spiro atoms. The van der Waals surface area contributed by atoms with Gasteiger partial charge in [0.1, 0.15) is 23.9 Å². The molecule has 0 saturated heterocycles. The number of furan rings is 1. The summed E-state index contributed by atoms with van der Waals surface area (Å²) in [6, 6.07) is 8.85. The molecule has 0 aliphatic rings. The highest BCUT2D eigenvalue weighted by atomic mass is 35.5. The van der Waals surface area contributed by atoms with Gasteiger partial charge in [0, 0.05) is 11.1 Å². The molecule has 2 rings (SSSR count). The first-order valence-electron chi connectivity index (χ1n) is 4.78. The van der Waals surface area contributed by atoms with Crippen LogP contribution in [-0.4, -0.2) is 0 Å². The second-order valence-corrected chi connectivity index (χ2v) is 4.22. The summed E-state index contributed by atoms with van der Waals surface area (Å²) < 4.78 is 10.9. The molecule has 4 heteroatoms. The van der Waals surface area contributed by atoms with E-state index in [0.717, 1.165) is 11.5 Å². The van der Waals surface area contributed by atoms with Crippen molar-refractivity contribution in [1.29, 1.82) is 0 Å². The zero-order valence-electron chi connectivity index (χ0n) is 8.67. The number of ether oxygens (including phenoxy) is 1. The maximum absolute atomic E-state index is 5.95. The van der Waals surface area contributed by atoms with E-state index in [1.807, 2.05) is 19.1 Å². The highest BCUT2D eigenvalue weighted by Crippen LogP contribution is 2.28. The minimum atomic E-state index is 0.341. The van der Waals surface area contributed by atoms with Crippen molar-refractivity contribution in [1.82, 2.24) is 0 Å². The second kappa shape index (κ2) is 4.81. The monoisotopic (exact) mass is 256 g/mol. The third-order valence-electron chi connectivity index (χ3n) is 2.06. The zero-order valence-corrected chi connectivity index (χ0v) is 10.2. The molecule has 0 bridgehead atoms. The van der Waals surface area contributed by atoms with Gasteiger partial charge in [-0.05, 0) is 31.2 Å². The van der Waals surface area contributed by atoms with Gasteiger partial charge in [-0.15, -0.1) is 0 Å². The van der Waals surface area contributed by atoms with Gasteiger partial charge in [0.15, 0.2) is 0 Å². The van der Waals surface area contributed by atoms with Crippen LogP contribution in [0.25, 0.3) is 0 Å². The van der Waals surface area contributed by atoms with Gasteiger partial charge in [0.25, 0.3) is 0 Å². The van der Waals surface area contributed by atoms with E-state index in [1.165, 1.54) is 0 Å². The minimum absolute atomic E-state index is 0.341. The molecular formula is C12H10Cl2O2. The van der Waals surface area contributed by atoms with Gasteiger partial charge >= 0.3 is 0 Å².